The van der Waals surface area contributed by atoms with E-state index in [1.807, 2.05) is 12.1 Å². The van der Waals surface area contributed by atoms with Crippen LogP contribution in [-0.2, 0) is 6.42 Å². The van der Waals surface area contributed by atoms with Crippen LogP contribution < -0.4 is 15.2 Å². The predicted octanol–water partition coefficient (Wildman–Crippen LogP) is 3.87. The van der Waals surface area contributed by atoms with E-state index in [0.717, 1.165) is 30.8 Å². The molecular weight excluding hydrogens is 282 g/mol. The van der Waals surface area contributed by atoms with Gasteiger partial charge in [-0.25, -0.2) is 0 Å². The lowest BCUT2D eigenvalue weighted by Gasteiger charge is -2.23. The molecule has 1 aliphatic heterocycles. The third-order valence-electron chi connectivity index (χ3n) is 3.93. The van der Waals surface area contributed by atoms with Gasteiger partial charge in [0, 0.05) is 17.4 Å². The van der Waals surface area contributed by atoms with Gasteiger partial charge in [0.1, 0.15) is 5.60 Å². The lowest BCUT2D eigenvalue weighted by Crippen LogP contribution is -2.30. The Morgan fingerprint density at radius 1 is 1.43 bits per heavy atom. The molecule has 0 saturated heterocycles. The van der Waals surface area contributed by atoms with Crippen LogP contribution >= 0.6 is 12.2 Å². The lowest BCUT2D eigenvalue weighted by atomic mass is 9.88. The summed E-state index contributed by atoms with van der Waals surface area (Å²) in [7, 11) is 0. The molecule has 1 aromatic carbocycles. The van der Waals surface area contributed by atoms with Crippen molar-refractivity contribution in [2.45, 2.75) is 52.6 Å². The van der Waals surface area contributed by atoms with Gasteiger partial charge >= 0.3 is 0 Å². The summed E-state index contributed by atoms with van der Waals surface area (Å²) < 4.78 is 11.9. The van der Waals surface area contributed by atoms with Gasteiger partial charge in [-0.2, -0.15) is 0 Å². The maximum Gasteiger partial charge on any atom is 0.165 e. The number of hydrogen-bond acceptors (Lipinski definition) is 3. The Bertz CT molecular complexity index is 538. The first-order chi connectivity index (χ1) is 9.71. The van der Waals surface area contributed by atoms with Crippen molar-refractivity contribution >= 4 is 17.2 Å². The summed E-state index contributed by atoms with van der Waals surface area (Å²) in [6.45, 7) is 8.98. The minimum atomic E-state index is -0.143. The zero-order valence-corrected chi connectivity index (χ0v) is 14.2. The van der Waals surface area contributed by atoms with Gasteiger partial charge in [-0.1, -0.05) is 38.2 Å². The molecule has 0 spiro atoms. The Hall–Kier alpha value is -1.29. The van der Waals surface area contributed by atoms with Crippen molar-refractivity contribution < 1.29 is 9.47 Å². The van der Waals surface area contributed by atoms with E-state index in [4.69, 9.17) is 27.4 Å². The number of benzene rings is 1. The van der Waals surface area contributed by atoms with Crippen molar-refractivity contribution in [1.29, 1.82) is 0 Å². The van der Waals surface area contributed by atoms with Gasteiger partial charge in [-0.15, -0.1) is 0 Å². The topological polar surface area (TPSA) is 44.5 Å². The van der Waals surface area contributed by atoms with Crippen LogP contribution in [0, 0.1) is 5.41 Å². The fourth-order valence-electron chi connectivity index (χ4n) is 2.52. The quantitative estimate of drug-likeness (QED) is 0.640. The lowest BCUT2D eigenvalue weighted by molar-refractivity contribution is 0.131. The summed E-state index contributed by atoms with van der Waals surface area (Å²) in [5.74, 6) is 1.74. The third-order valence-corrected chi connectivity index (χ3v) is 4.48. The van der Waals surface area contributed by atoms with Crippen LogP contribution in [0.3, 0.4) is 0 Å². The first kappa shape index (κ1) is 16.1. The molecule has 0 saturated carbocycles. The molecule has 1 aliphatic rings. The summed E-state index contributed by atoms with van der Waals surface area (Å²) >= 11 is 5.08. The number of hydrogen-bond donors (Lipinski definition) is 1. The molecule has 4 heteroatoms. The second-order valence-electron chi connectivity index (χ2n) is 6.98. The summed E-state index contributed by atoms with van der Waals surface area (Å²) in [6, 6.07) is 6.10. The van der Waals surface area contributed by atoms with E-state index in [1.165, 1.54) is 5.56 Å². The smallest absolute Gasteiger partial charge is 0.165 e. The predicted molar refractivity (Wildman–Crippen MR) is 90.1 cm³/mol. The molecule has 0 radical (unpaired) electrons. The SMILES string of the molecule is CC1(C)Cc2cccc(OCCCC(C)(C)C(N)=S)c2O1. The number of thiocarbonyl (C=S) groups is 1. The molecule has 0 atom stereocenters. The third kappa shape index (κ3) is 3.88. The number of rotatable bonds is 6. The molecule has 0 fully saturated rings. The van der Waals surface area contributed by atoms with Crippen LogP contribution in [0.25, 0.3) is 0 Å². The molecule has 0 aliphatic carbocycles. The van der Waals surface area contributed by atoms with Crippen LogP contribution in [-0.4, -0.2) is 17.2 Å². The summed E-state index contributed by atoms with van der Waals surface area (Å²) in [4.78, 5) is 0.563. The second-order valence-corrected chi connectivity index (χ2v) is 7.42. The van der Waals surface area contributed by atoms with E-state index >= 15 is 0 Å². The van der Waals surface area contributed by atoms with Crippen molar-refractivity contribution in [2.24, 2.45) is 11.1 Å². The van der Waals surface area contributed by atoms with Crippen molar-refractivity contribution in [3.8, 4) is 11.5 Å². The fraction of sp³-hybridized carbons (Fsp3) is 0.588. The van der Waals surface area contributed by atoms with Crippen LogP contribution in [0.4, 0.5) is 0 Å². The van der Waals surface area contributed by atoms with Crippen LogP contribution in [0.15, 0.2) is 18.2 Å². The first-order valence-corrected chi connectivity index (χ1v) is 7.86. The number of ether oxygens (including phenoxy) is 2. The molecule has 1 heterocycles. The molecule has 0 aromatic heterocycles. The number of nitrogens with two attached hydrogens (primary N) is 1. The van der Waals surface area contributed by atoms with Gasteiger partial charge in [0.15, 0.2) is 11.5 Å². The molecule has 0 unspecified atom stereocenters. The first-order valence-electron chi connectivity index (χ1n) is 7.45. The molecule has 3 nitrogen and oxygen atoms in total. The molecule has 0 bridgehead atoms. The summed E-state index contributed by atoms with van der Waals surface area (Å²) in [5, 5.41) is 0. The average Bonchev–Trinajstić information content (AvgIpc) is 2.69. The van der Waals surface area contributed by atoms with E-state index in [-0.39, 0.29) is 11.0 Å². The van der Waals surface area contributed by atoms with Gasteiger partial charge in [-0.05, 0) is 32.8 Å². The van der Waals surface area contributed by atoms with Gasteiger partial charge in [-0.3, -0.25) is 0 Å². The Morgan fingerprint density at radius 3 is 2.81 bits per heavy atom. The van der Waals surface area contributed by atoms with Crippen LogP contribution in [0.5, 0.6) is 11.5 Å². The molecule has 2 N–H and O–H groups in total. The molecule has 0 amide bonds. The van der Waals surface area contributed by atoms with Crippen molar-refractivity contribution in [1.82, 2.24) is 0 Å². The van der Waals surface area contributed by atoms with E-state index in [2.05, 4.69) is 33.8 Å². The average molecular weight is 307 g/mol. The molecule has 116 valence electrons. The molecule has 2 rings (SSSR count). The van der Waals surface area contributed by atoms with Crippen LogP contribution in [0.2, 0.25) is 0 Å². The standard InChI is InChI=1S/C17H25NO2S/c1-16(2,15(18)21)9-6-10-19-13-8-5-7-12-11-17(3,4)20-14(12)13/h5,7-8H,6,9-11H2,1-4H3,(H2,18,21). The zero-order chi connectivity index (χ0) is 15.7. The normalized spacial score (nSPS) is 16.2. The van der Waals surface area contributed by atoms with E-state index < -0.39 is 0 Å². The van der Waals surface area contributed by atoms with Gasteiger partial charge in [0.05, 0.1) is 11.6 Å². The molecular formula is C17H25NO2S. The largest absolute Gasteiger partial charge is 0.490 e. The maximum absolute atomic E-state index is 6.00. The summed E-state index contributed by atoms with van der Waals surface area (Å²) in [6.07, 6.45) is 2.76. The Labute approximate surface area is 132 Å². The van der Waals surface area contributed by atoms with Gasteiger partial charge in [0.25, 0.3) is 0 Å². The Kier molecular flexibility index (Phi) is 4.47. The van der Waals surface area contributed by atoms with Gasteiger partial charge in [0.2, 0.25) is 0 Å². The molecule has 1 aromatic rings. The highest BCUT2D eigenvalue weighted by Crippen LogP contribution is 2.41. The maximum atomic E-state index is 6.00. The van der Waals surface area contributed by atoms with E-state index in [9.17, 15) is 0 Å². The van der Waals surface area contributed by atoms with E-state index in [1.54, 1.807) is 0 Å². The highest BCUT2D eigenvalue weighted by molar-refractivity contribution is 7.80. The second kappa shape index (κ2) is 5.84. The van der Waals surface area contributed by atoms with Gasteiger partial charge < -0.3 is 15.2 Å². The molecule has 21 heavy (non-hydrogen) atoms. The Morgan fingerprint density at radius 2 is 2.14 bits per heavy atom. The van der Waals surface area contributed by atoms with Crippen molar-refractivity contribution in [3.63, 3.8) is 0 Å². The minimum Gasteiger partial charge on any atom is -0.490 e. The highest BCUT2D eigenvalue weighted by atomic mass is 32.1. The van der Waals surface area contributed by atoms with E-state index in [0.29, 0.717) is 11.6 Å². The van der Waals surface area contributed by atoms with Crippen LogP contribution in [0.1, 0.15) is 46.1 Å². The summed E-state index contributed by atoms with van der Waals surface area (Å²) in [5.41, 5.74) is 6.70. The minimum absolute atomic E-state index is 0.115. The number of fused-ring (bicyclic) bond motifs is 1. The number of para-hydroxylation sites is 1. The highest BCUT2D eigenvalue weighted by Gasteiger charge is 2.32. The van der Waals surface area contributed by atoms with Crippen molar-refractivity contribution in [2.75, 3.05) is 6.61 Å². The Balaban J connectivity index is 1.92. The fourth-order valence-corrected chi connectivity index (χ4v) is 2.62. The monoisotopic (exact) mass is 307 g/mol. The zero-order valence-electron chi connectivity index (χ0n) is 13.4. The van der Waals surface area contributed by atoms with Crippen molar-refractivity contribution in [3.05, 3.63) is 23.8 Å².